The van der Waals surface area contributed by atoms with Gasteiger partial charge >= 0.3 is 0 Å². The molecule has 1 aromatic rings. The van der Waals surface area contributed by atoms with Gasteiger partial charge in [0.05, 0.1) is 0 Å². The van der Waals surface area contributed by atoms with Gasteiger partial charge in [-0.2, -0.15) is 0 Å². The number of halogens is 1. The monoisotopic (exact) mass is 337 g/mol. The van der Waals surface area contributed by atoms with Crippen molar-refractivity contribution >= 4 is 21.8 Å². The van der Waals surface area contributed by atoms with Gasteiger partial charge in [-0.15, -0.1) is 0 Å². The van der Waals surface area contributed by atoms with Gasteiger partial charge in [-0.25, -0.2) is 0 Å². The summed E-state index contributed by atoms with van der Waals surface area (Å²) in [7, 11) is 0. The van der Waals surface area contributed by atoms with E-state index in [1.807, 2.05) is 12.1 Å². The van der Waals surface area contributed by atoms with E-state index in [0.29, 0.717) is 17.2 Å². The number of carbonyl (C=O) groups is 1. The van der Waals surface area contributed by atoms with Crippen molar-refractivity contribution in [3.63, 3.8) is 0 Å². The molecule has 1 aliphatic carbocycles. The Morgan fingerprint density at radius 1 is 1.35 bits per heavy atom. The predicted molar refractivity (Wildman–Crippen MR) is 87.2 cm³/mol. The van der Waals surface area contributed by atoms with E-state index in [-0.39, 0.29) is 5.91 Å². The molecule has 1 aliphatic rings. The van der Waals surface area contributed by atoms with Crippen LogP contribution in [0.25, 0.3) is 0 Å². The second kappa shape index (κ2) is 7.82. The third kappa shape index (κ3) is 4.93. The summed E-state index contributed by atoms with van der Waals surface area (Å²) >= 11 is 3.69. The molecule has 2 atom stereocenters. The molecule has 1 N–H and O–H groups in total. The van der Waals surface area contributed by atoms with Crippen LogP contribution in [0.4, 0.5) is 0 Å². The smallest absolute Gasteiger partial charge is 0.220 e. The van der Waals surface area contributed by atoms with E-state index in [2.05, 4.69) is 40.3 Å². The maximum absolute atomic E-state index is 11.9. The Morgan fingerprint density at radius 2 is 2.15 bits per heavy atom. The van der Waals surface area contributed by atoms with Gasteiger partial charge in [-0.3, -0.25) is 4.79 Å². The van der Waals surface area contributed by atoms with E-state index in [9.17, 15) is 4.79 Å². The minimum absolute atomic E-state index is 0.185. The van der Waals surface area contributed by atoms with E-state index in [0.717, 1.165) is 13.0 Å². The van der Waals surface area contributed by atoms with Gasteiger partial charge in [-0.1, -0.05) is 46.6 Å². The Kier molecular flexibility index (Phi) is 6.08. The number of rotatable bonds is 5. The SMILES string of the molecule is Cc1ccccc1CCC(=O)NCC1CCCC(Br)C1. The molecule has 2 rings (SSSR count). The standard InChI is InChI=1S/C17H24BrNO/c1-13-5-2-3-7-15(13)9-10-17(20)19-12-14-6-4-8-16(18)11-14/h2-3,5,7,14,16H,4,6,8-12H2,1H3,(H,19,20). The maximum Gasteiger partial charge on any atom is 0.220 e. The largest absolute Gasteiger partial charge is 0.356 e. The van der Waals surface area contributed by atoms with Crippen molar-refractivity contribution in [1.29, 1.82) is 0 Å². The van der Waals surface area contributed by atoms with Crippen LogP contribution < -0.4 is 5.32 Å². The van der Waals surface area contributed by atoms with Crippen molar-refractivity contribution in [2.24, 2.45) is 5.92 Å². The van der Waals surface area contributed by atoms with Crippen LogP contribution in [0.2, 0.25) is 0 Å². The zero-order valence-electron chi connectivity index (χ0n) is 12.2. The Hall–Kier alpha value is -0.830. The van der Waals surface area contributed by atoms with Crippen LogP contribution >= 0.6 is 15.9 Å². The van der Waals surface area contributed by atoms with E-state index in [1.165, 1.54) is 36.8 Å². The third-order valence-corrected chi connectivity index (χ3v) is 5.02. The van der Waals surface area contributed by atoms with Crippen LogP contribution in [0.3, 0.4) is 0 Å². The maximum atomic E-state index is 11.9. The summed E-state index contributed by atoms with van der Waals surface area (Å²) in [6, 6.07) is 8.29. The van der Waals surface area contributed by atoms with E-state index in [4.69, 9.17) is 0 Å². The summed E-state index contributed by atoms with van der Waals surface area (Å²) in [5.74, 6) is 0.834. The zero-order valence-corrected chi connectivity index (χ0v) is 13.8. The van der Waals surface area contributed by atoms with Crippen molar-refractivity contribution in [3.8, 4) is 0 Å². The highest BCUT2D eigenvalue weighted by Gasteiger charge is 2.20. The Balaban J connectivity index is 1.69. The minimum atomic E-state index is 0.185. The highest BCUT2D eigenvalue weighted by Crippen LogP contribution is 2.28. The number of benzene rings is 1. The van der Waals surface area contributed by atoms with Crippen molar-refractivity contribution < 1.29 is 4.79 Å². The quantitative estimate of drug-likeness (QED) is 0.808. The number of alkyl halides is 1. The fraction of sp³-hybridized carbons (Fsp3) is 0.588. The average Bonchev–Trinajstić information content (AvgIpc) is 2.44. The fourth-order valence-electron chi connectivity index (χ4n) is 2.90. The molecule has 1 saturated carbocycles. The zero-order chi connectivity index (χ0) is 14.4. The minimum Gasteiger partial charge on any atom is -0.356 e. The number of hydrogen-bond acceptors (Lipinski definition) is 1. The van der Waals surface area contributed by atoms with Crippen LogP contribution in [0, 0.1) is 12.8 Å². The first kappa shape index (κ1) is 15.6. The number of aryl methyl sites for hydroxylation is 2. The molecule has 0 radical (unpaired) electrons. The van der Waals surface area contributed by atoms with Crippen LogP contribution in [0.15, 0.2) is 24.3 Å². The lowest BCUT2D eigenvalue weighted by atomic mass is 9.89. The van der Waals surface area contributed by atoms with Crippen molar-refractivity contribution in [2.75, 3.05) is 6.54 Å². The lowest BCUT2D eigenvalue weighted by molar-refractivity contribution is -0.121. The van der Waals surface area contributed by atoms with Gasteiger partial charge in [0.1, 0.15) is 0 Å². The van der Waals surface area contributed by atoms with Crippen molar-refractivity contribution in [1.82, 2.24) is 5.32 Å². The van der Waals surface area contributed by atoms with Crippen molar-refractivity contribution in [3.05, 3.63) is 35.4 Å². The predicted octanol–water partition coefficient (Wildman–Crippen LogP) is 4.00. The van der Waals surface area contributed by atoms with Gasteiger partial charge in [0.2, 0.25) is 5.91 Å². The second-order valence-electron chi connectivity index (χ2n) is 5.86. The third-order valence-electron chi connectivity index (χ3n) is 4.19. The molecule has 0 bridgehead atoms. The molecule has 0 spiro atoms. The Labute approximate surface area is 130 Å². The summed E-state index contributed by atoms with van der Waals surface area (Å²) in [6.07, 6.45) is 6.43. The summed E-state index contributed by atoms with van der Waals surface area (Å²) < 4.78 is 0. The highest BCUT2D eigenvalue weighted by molar-refractivity contribution is 9.09. The summed E-state index contributed by atoms with van der Waals surface area (Å²) in [6.45, 7) is 2.94. The molecule has 1 fully saturated rings. The van der Waals surface area contributed by atoms with Gasteiger partial charge < -0.3 is 5.32 Å². The van der Waals surface area contributed by atoms with Gasteiger partial charge in [-0.05, 0) is 49.7 Å². The molecule has 0 saturated heterocycles. The van der Waals surface area contributed by atoms with Crippen LogP contribution in [0.5, 0.6) is 0 Å². The molecule has 2 nitrogen and oxygen atoms in total. The Bertz CT molecular complexity index is 446. The van der Waals surface area contributed by atoms with Gasteiger partial charge in [0.25, 0.3) is 0 Å². The molecular formula is C17H24BrNO. The molecule has 2 unspecified atom stereocenters. The molecular weight excluding hydrogens is 314 g/mol. The first-order valence-corrected chi connectivity index (χ1v) is 8.52. The highest BCUT2D eigenvalue weighted by atomic mass is 79.9. The van der Waals surface area contributed by atoms with E-state index >= 15 is 0 Å². The lowest BCUT2D eigenvalue weighted by Crippen LogP contribution is -2.32. The van der Waals surface area contributed by atoms with Crippen molar-refractivity contribution in [2.45, 2.75) is 50.3 Å². The summed E-state index contributed by atoms with van der Waals surface area (Å²) in [5, 5.41) is 3.10. The van der Waals surface area contributed by atoms with Crippen LogP contribution in [-0.4, -0.2) is 17.3 Å². The van der Waals surface area contributed by atoms with Gasteiger partial charge in [0, 0.05) is 17.8 Å². The molecule has 3 heteroatoms. The van der Waals surface area contributed by atoms with Gasteiger partial charge in [0.15, 0.2) is 0 Å². The fourth-order valence-corrected chi connectivity index (χ4v) is 3.75. The molecule has 0 heterocycles. The molecule has 20 heavy (non-hydrogen) atoms. The number of hydrogen-bond donors (Lipinski definition) is 1. The number of carbonyl (C=O) groups excluding carboxylic acids is 1. The van der Waals surface area contributed by atoms with E-state index in [1.54, 1.807) is 0 Å². The molecule has 1 aromatic carbocycles. The summed E-state index contributed by atoms with van der Waals surface area (Å²) in [4.78, 5) is 12.6. The molecule has 0 aromatic heterocycles. The normalized spacial score (nSPS) is 22.5. The van der Waals surface area contributed by atoms with Crippen LogP contribution in [0.1, 0.15) is 43.2 Å². The first-order chi connectivity index (χ1) is 9.65. The van der Waals surface area contributed by atoms with E-state index < -0.39 is 0 Å². The second-order valence-corrected chi connectivity index (χ2v) is 7.16. The molecule has 0 aliphatic heterocycles. The molecule has 1 amide bonds. The average molecular weight is 338 g/mol. The Morgan fingerprint density at radius 3 is 2.90 bits per heavy atom. The lowest BCUT2D eigenvalue weighted by Gasteiger charge is -2.25. The first-order valence-electron chi connectivity index (χ1n) is 7.60. The number of nitrogens with one attached hydrogen (secondary N) is 1. The van der Waals surface area contributed by atoms with Crippen LogP contribution in [-0.2, 0) is 11.2 Å². The topological polar surface area (TPSA) is 29.1 Å². The number of amides is 1. The summed E-state index contributed by atoms with van der Waals surface area (Å²) in [5.41, 5.74) is 2.55. The molecule has 110 valence electrons.